The van der Waals surface area contributed by atoms with Gasteiger partial charge in [0, 0.05) is 18.2 Å². The van der Waals surface area contributed by atoms with Crippen LogP contribution in [-0.4, -0.2) is 32.0 Å². The first-order valence-electron chi connectivity index (χ1n) is 6.74. The van der Waals surface area contributed by atoms with Gasteiger partial charge in [0.1, 0.15) is 0 Å². The molecule has 0 aliphatic heterocycles. The summed E-state index contributed by atoms with van der Waals surface area (Å²) in [6.07, 6.45) is 0. The van der Waals surface area contributed by atoms with Crippen LogP contribution in [0.15, 0.2) is 18.2 Å². The number of aryl methyl sites for hydroxylation is 2. The second-order valence-electron chi connectivity index (χ2n) is 4.99. The summed E-state index contributed by atoms with van der Waals surface area (Å²) in [4.78, 5) is 23.6. The Morgan fingerprint density at radius 3 is 2.35 bits per heavy atom. The molecule has 0 radical (unpaired) electrons. The molecule has 5 nitrogen and oxygen atoms in total. The lowest BCUT2D eigenvalue weighted by molar-refractivity contribution is -0.126. The third-order valence-electron chi connectivity index (χ3n) is 3.13. The highest BCUT2D eigenvalue weighted by molar-refractivity contribution is 5.95. The van der Waals surface area contributed by atoms with Gasteiger partial charge in [-0.05, 0) is 32.0 Å². The molecule has 3 N–H and O–H groups in total. The van der Waals surface area contributed by atoms with E-state index in [-0.39, 0.29) is 24.3 Å². The van der Waals surface area contributed by atoms with Crippen molar-refractivity contribution in [2.75, 3.05) is 25.5 Å². The number of amides is 2. The molecule has 0 heterocycles. The molecule has 0 bridgehead atoms. The molecule has 2 amide bonds. The lowest BCUT2D eigenvalue weighted by Gasteiger charge is -2.13. The second-order valence-corrected chi connectivity index (χ2v) is 4.99. The van der Waals surface area contributed by atoms with E-state index in [9.17, 15) is 9.59 Å². The molecule has 1 rings (SSSR count). The van der Waals surface area contributed by atoms with Gasteiger partial charge in [-0.25, -0.2) is 0 Å². The first kappa shape index (κ1) is 16.2. The molecule has 20 heavy (non-hydrogen) atoms. The fourth-order valence-corrected chi connectivity index (χ4v) is 1.94. The molecule has 0 aromatic heterocycles. The molecule has 0 aliphatic rings. The molecule has 0 saturated carbocycles. The van der Waals surface area contributed by atoms with E-state index in [1.54, 1.807) is 7.05 Å². The Morgan fingerprint density at radius 1 is 1.20 bits per heavy atom. The molecule has 1 aromatic carbocycles. The van der Waals surface area contributed by atoms with Gasteiger partial charge >= 0.3 is 0 Å². The normalized spacial score (nSPS) is 11.8. The molecule has 110 valence electrons. The van der Waals surface area contributed by atoms with Gasteiger partial charge in [-0.2, -0.15) is 0 Å². The van der Waals surface area contributed by atoms with Crippen LogP contribution in [0.3, 0.4) is 0 Å². The number of rotatable bonds is 6. The number of carbonyl (C=O) groups excluding carboxylic acids is 2. The highest BCUT2D eigenvalue weighted by Crippen LogP contribution is 2.18. The minimum Gasteiger partial charge on any atom is -0.347 e. The summed E-state index contributed by atoms with van der Waals surface area (Å²) in [6.45, 7) is 6.27. The van der Waals surface area contributed by atoms with Crippen molar-refractivity contribution in [2.24, 2.45) is 5.92 Å². The Hall–Kier alpha value is -1.88. The van der Waals surface area contributed by atoms with Crippen molar-refractivity contribution in [1.29, 1.82) is 0 Å². The first-order chi connectivity index (χ1) is 9.45. The lowest BCUT2D eigenvalue weighted by atomic mass is 10.1. The van der Waals surface area contributed by atoms with Gasteiger partial charge in [0.05, 0.1) is 6.54 Å². The van der Waals surface area contributed by atoms with E-state index in [2.05, 4.69) is 16.0 Å². The summed E-state index contributed by atoms with van der Waals surface area (Å²) in [5, 5.41) is 8.40. The Balaban J connectivity index is 2.50. The van der Waals surface area contributed by atoms with Crippen LogP contribution in [0.5, 0.6) is 0 Å². The number of hydrogen-bond donors (Lipinski definition) is 3. The summed E-state index contributed by atoms with van der Waals surface area (Å²) in [5.74, 6) is -0.503. The summed E-state index contributed by atoms with van der Waals surface area (Å²) in [7, 11) is 1.79. The highest BCUT2D eigenvalue weighted by atomic mass is 16.2. The van der Waals surface area contributed by atoms with Gasteiger partial charge < -0.3 is 16.0 Å². The number of hydrogen-bond acceptors (Lipinski definition) is 3. The Labute approximate surface area is 120 Å². The van der Waals surface area contributed by atoms with Crippen molar-refractivity contribution < 1.29 is 9.59 Å². The molecule has 1 aromatic rings. The van der Waals surface area contributed by atoms with Crippen LogP contribution in [0, 0.1) is 19.8 Å². The highest BCUT2D eigenvalue weighted by Gasteiger charge is 2.13. The van der Waals surface area contributed by atoms with Gasteiger partial charge in [0.25, 0.3) is 0 Å². The molecule has 1 atom stereocenters. The maximum Gasteiger partial charge on any atom is 0.243 e. The van der Waals surface area contributed by atoms with E-state index in [4.69, 9.17) is 0 Å². The van der Waals surface area contributed by atoms with Crippen LogP contribution in [0.1, 0.15) is 18.1 Å². The van der Waals surface area contributed by atoms with E-state index in [1.807, 2.05) is 39.0 Å². The number of para-hydroxylation sites is 1. The quantitative estimate of drug-likeness (QED) is 0.732. The van der Waals surface area contributed by atoms with Crippen molar-refractivity contribution in [3.05, 3.63) is 29.3 Å². The predicted octanol–water partition coefficient (Wildman–Crippen LogP) is 1.21. The third kappa shape index (κ3) is 4.66. The van der Waals surface area contributed by atoms with E-state index in [1.165, 1.54) is 0 Å². The van der Waals surface area contributed by atoms with E-state index in [0.717, 1.165) is 16.8 Å². The Bertz CT molecular complexity index is 466. The summed E-state index contributed by atoms with van der Waals surface area (Å²) < 4.78 is 0. The number of anilines is 1. The average Bonchev–Trinajstić information content (AvgIpc) is 2.40. The van der Waals surface area contributed by atoms with Crippen molar-refractivity contribution in [3.8, 4) is 0 Å². The van der Waals surface area contributed by atoms with Gasteiger partial charge in [-0.1, -0.05) is 25.1 Å². The fourth-order valence-electron chi connectivity index (χ4n) is 1.94. The van der Waals surface area contributed by atoms with Crippen LogP contribution in [-0.2, 0) is 9.59 Å². The van der Waals surface area contributed by atoms with E-state index in [0.29, 0.717) is 6.54 Å². The molecular weight excluding hydrogens is 254 g/mol. The number of carbonyl (C=O) groups is 2. The van der Waals surface area contributed by atoms with Crippen LogP contribution < -0.4 is 16.0 Å². The van der Waals surface area contributed by atoms with Crippen LogP contribution in [0.25, 0.3) is 0 Å². The topological polar surface area (TPSA) is 70.2 Å². The zero-order valence-electron chi connectivity index (χ0n) is 12.5. The third-order valence-corrected chi connectivity index (χ3v) is 3.13. The lowest BCUT2D eigenvalue weighted by Crippen LogP contribution is -2.38. The maximum atomic E-state index is 11.9. The predicted molar refractivity (Wildman–Crippen MR) is 80.6 cm³/mol. The summed E-state index contributed by atoms with van der Waals surface area (Å²) >= 11 is 0. The zero-order chi connectivity index (χ0) is 15.1. The minimum absolute atomic E-state index is 0.0132. The molecule has 0 fully saturated rings. The van der Waals surface area contributed by atoms with Crippen molar-refractivity contribution in [3.63, 3.8) is 0 Å². The molecule has 0 aliphatic carbocycles. The first-order valence-corrected chi connectivity index (χ1v) is 6.74. The minimum atomic E-state index is -0.215. The standard InChI is InChI=1S/C15H23N3O2/c1-10-6-5-7-11(2)14(10)18-13(19)9-17-15(20)12(3)8-16-4/h5-7,12,16H,8-9H2,1-4H3,(H,17,20)(H,18,19). The molecule has 5 heteroatoms. The second kappa shape index (κ2) is 7.65. The molecule has 0 saturated heterocycles. The Morgan fingerprint density at radius 2 is 1.80 bits per heavy atom. The molecular formula is C15H23N3O2. The summed E-state index contributed by atoms with van der Waals surface area (Å²) in [5.41, 5.74) is 2.83. The van der Waals surface area contributed by atoms with Gasteiger partial charge in [-0.15, -0.1) is 0 Å². The van der Waals surface area contributed by atoms with Crippen LogP contribution >= 0.6 is 0 Å². The smallest absolute Gasteiger partial charge is 0.243 e. The maximum absolute atomic E-state index is 11.9. The van der Waals surface area contributed by atoms with Crippen molar-refractivity contribution in [1.82, 2.24) is 10.6 Å². The van der Waals surface area contributed by atoms with Gasteiger partial charge in [0.15, 0.2) is 0 Å². The van der Waals surface area contributed by atoms with Crippen LogP contribution in [0.2, 0.25) is 0 Å². The van der Waals surface area contributed by atoms with Crippen molar-refractivity contribution in [2.45, 2.75) is 20.8 Å². The monoisotopic (exact) mass is 277 g/mol. The summed E-state index contributed by atoms with van der Waals surface area (Å²) in [6, 6.07) is 5.83. The molecule has 0 spiro atoms. The Kier molecular flexibility index (Phi) is 6.18. The van der Waals surface area contributed by atoms with E-state index >= 15 is 0 Å². The average molecular weight is 277 g/mol. The fraction of sp³-hybridized carbons (Fsp3) is 0.467. The number of benzene rings is 1. The van der Waals surface area contributed by atoms with Gasteiger partial charge in [-0.3, -0.25) is 9.59 Å². The zero-order valence-corrected chi connectivity index (χ0v) is 12.5. The van der Waals surface area contributed by atoms with E-state index < -0.39 is 0 Å². The van der Waals surface area contributed by atoms with Gasteiger partial charge in [0.2, 0.25) is 11.8 Å². The molecule has 1 unspecified atom stereocenters. The SMILES string of the molecule is CNCC(C)C(=O)NCC(=O)Nc1c(C)cccc1C. The van der Waals surface area contributed by atoms with Crippen LogP contribution in [0.4, 0.5) is 5.69 Å². The van der Waals surface area contributed by atoms with Crippen molar-refractivity contribution >= 4 is 17.5 Å². The number of nitrogens with one attached hydrogen (secondary N) is 3. The largest absolute Gasteiger partial charge is 0.347 e.